The molecule has 212 valence electrons. The fraction of sp³-hybridized carbons (Fsp3) is 0.516. The fourth-order valence-electron chi connectivity index (χ4n) is 6.87. The van der Waals surface area contributed by atoms with Crippen molar-refractivity contribution in [1.29, 1.82) is 0 Å². The summed E-state index contributed by atoms with van der Waals surface area (Å²) in [6.07, 6.45) is 3.88. The van der Waals surface area contributed by atoms with Crippen molar-refractivity contribution < 1.29 is 9.53 Å². The van der Waals surface area contributed by atoms with Gasteiger partial charge >= 0.3 is 5.97 Å². The summed E-state index contributed by atoms with van der Waals surface area (Å²) in [5, 5.41) is 8.14. The molecule has 0 saturated carbocycles. The van der Waals surface area contributed by atoms with Gasteiger partial charge in [0.2, 0.25) is 0 Å². The van der Waals surface area contributed by atoms with Crippen LogP contribution in [-0.4, -0.2) is 76.9 Å². The lowest BCUT2D eigenvalue weighted by Crippen LogP contribution is -2.58. The van der Waals surface area contributed by atoms with Crippen molar-refractivity contribution in [2.24, 2.45) is 5.41 Å². The first-order valence-electron chi connectivity index (χ1n) is 14.4. The number of ether oxygens (including phenoxy) is 1. The molecule has 0 radical (unpaired) electrons. The van der Waals surface area contributed by atoms with E-state index >= 15 is 0 Å². The van der Waals surface area contributed by atoms with Gasteiger partial charge in [-0.3, -0.25) is 9.69 Å². The molecule has 0 amide bonds. The highest BCUT2D eigenvalue weighted by Crippen LogP contribution is 2.41. The second-order valence-corrected chi connectivity index (χ2v) is 12.9. The third-order valence-corrected chi connectivity index (χ3v) is 9.18. The molecular weight excluding hydrogens is 568 g/mol. The predicted molar refractivity (Wildman–Crippen MR) is 160 cm³/mol. The van der Waals surface area contributed by atoms with Crippen LogP contribution in [0.5, 0.6) is 0 Å². The standard InChI is InChI=1S/C31H39BrN6O2/c1-21-11-22(2)38(35-21)28-13-24(12-26(32)15-28)25(14-29(39)40-3)16-37-19-31(20-37)8-10-36(18-31)17-27-7-6-23-5-4-9-33-30(23)34-27/h6-7,11-13,15,25H,4-5,8-10,14,16-20H2,1-3H3,(H,33,34)/t25-/m1/s1. The maximum Gasteiger partial charge on any atom is 0.306 e. The summed E-state index contributed by atoms with van der Waals surface area (Å²) >= 11 is 3.71. The Bertz CT molecular complexity index is 1400. The van der Waals surface area contributed by atoms with Crippen LogP contribution in [0.4, 0.5) is 5.82 Å². The van der Waals surface area contributed by atoms with Gasteiger partial charge in [-0.25, -0.2) is 9.67 Å². The number of nitrogens with zero attached hydrogens (tertiary/aromatic N) is 5. The van der Waals surface area contributed by atoms with Crippen LogP contribution in [0.2, 0.25) is 0 Å². The number of hydrogen-bond donors (Lipinski definition) is 1. The number of carbonyl (C=O) groups is 1. The number of fused-ring (bicyclic) bond motifs is 1. The highest BCUT2D eigenvalue weighted by atomic mass is 79.9. The van der Waals surface area contributed by atoms with Crippen molar-refractivity contribution in [3.63, 3.8) is 0 Å². The van der Waals surface area contributed by atoms with Gasteiger partial charge in [0.25, 0.3) is 0 Å². The zero-order valence-electron chi connectivity index (χ0n) is 23.8. The van der Waals surface area contributed by atoms with Crippen molar-refractivity contribution in [3.8, 4) is 5.69 Å². The van der Waals surface area contributed by atoms with Gasteiger partial charge < -0.3 is 15.0 Å². The Hall–Kier alpha value is -2.75. The highest BCUT2D eigenvalue weighted by molar-refractivity contribution is 9.10. The maximum absolute atomic E-state index is 12.4. The zero-order chi connectivity index (χ0) is 27.9. The van der Waals surface area contributed by atoms with Crippen LogP contribution in [0, 0.1) is 19.3 Å². The summed E-state index contributed by atoms with van der Waals surface area (Å²) in [5.41, 5.74) is 7.05. The molecule has 0 unspecified atom stereocenters. The highest BCUT2D eigenvalue weighted by Gasteiger charge is 2.47. The molecule has 1 spiro atoms. The Labute approximate surface area is 245 Å². The molecule has 8 nitrogen and oxygen atoms in total. The minimum Gasteiger partial charge on any atom is -0.469 e. The van der Waals surface area contributed by atoms with E-state index in [-0.39, 0.29) is 11.9 Å². The number of halogens is 1. The topological polar surface area (TPSA) is 75.5 Å². The Kier molecular flexibility index (Phi) is 7.72. The third-order valence-electron chi connectivity index (χ3n) is 8.72. The Morgan fingerprint density at radius 2 is 1.98 bits per heavy atom. The van der Waals surface area contributed by atoms with E-state index in [1.54, 1.807) is 0 Å². The Morgan fingerprint density at radius 3 is 2.75 bits per heavy atom. The second kappa shape index (κ2) is 11.3. The van der Waals surface area contributed by atoms with Crippen LogP contribution in [0.25, 0.3) is 5.69 Å². The molecule has 3 aromatic rings. The van der Waals surface area contributed by atoms with E-state index in [2.05, 4.69) is 79.5 Å². The number of methoxy groups -OCH3 is 1. The lowest BCUT2D eigenvalue weighted by molar-refractivity contribution is -0.141. The number of benzene rings is 1. The van der Waals surface area contributed by atoms with Crippen molar-refractivity contribution in [1.82, 2.24) is 24.6 Å². The molecule has 9 heteroatoms. The Balaban J connectivity index is 1.11. The second-order valence-electron chi connectivity index (χ2n) is 12.0. The molecule has 40 heavy (non-hydrogen) atoms. The lowest BCUT2D eigenvalue weighted by Gasteiger charge is -2.49. The number of esters is 1. The monoisotopic (exact) mass is 606 g/mol. The molecule has 0 bridgehead atoms. The van der Waals surface area contributed by atoms with Crippen LogP contribution in [0.3, 0.4) is 0 Å². The largest absolute Gasteiger partial charge is 0.469 e. The van der Waals surface area contributed by atoms with E-state index in [0.717, 1.165) is 90.9 Å². The molecular formula is C31H39BrN6O2. The van der Waals surface area contributed by atoms with E-state index in [4.69, 9.17) is 9.72 Å². The van der Waals surface area contributed by atoms with Crippen molar-refractivity contribution >= 4 is 27.7 Å². The minimum absolute atomic E-state index is 0.0442. The van der Waals surface area contributed by atoms with Crippen molar-refractivity contribution in [2.45, 2.75) is 52.0 Å². The molecule has 5 heterocycles. The molecule has 6 rings (SSSR count). The van der Waals surface area contributed by atoms with Gasteiger partial charge in [0.15, 0.2) is 0 Å². The zero-order valence-corrected chi connectivity index (χ0v) is 25.3. The van der Waals surface area contributed by atoms with Crippen LogP contribution in [0.15, 0.2) is 40.9 Å². The molecule has 1 atom stereocenters. The molecule has 1 N–H and O–H groups in total. The van der Waals surface area contributed by atoms with E-state index in [0.29, 0.717) is 11.8 Å². The van der Waals surface area contributed by atoms with Gasteiger partial charge in [-0.05, 0) is 81.1 Å². The number of hydrogen-bond acceptors (Lipinski definition) is 7. The first-order chi connectivity index (χ1) is 19.3. The molecule has 0 aliphatic carbocycles. The summed E-state index contributed by atoms with van der Waals surface area (Å²) in [7, 11) is 1.47. The van der Waals surface area contributed by atoms with E-state index in [1.165, 1.54) is 25.5 Å². The molecule has 3 aliphatic rings. The summed E-state index contributed by atoms with van der Waals surface area (Å²) in [5.74, 6) is 0.951. The summed E-state index contributed by atoms with van der Waals surface area (Å²) in [6.45, 7) is 11.2. The van der Waals surface area contributed by atoms with Gasteiger partial charge in [-0.15, -0.1) is 0 Å². The van der Waals surface area contributed by atoms with Gasteiger partial charge in [0, 0.05) is 60.8 Å². The van der Waals surface area contributed by atoms with E-state index < -0.39 is 0 Å². The average Bonchev–Trinajstić information content (AvgIpc) is 3.49. The molecule has 2 aromatic heterocycles. The van der Waals surface area contributed by atoms with Crippen molar-refractivity contribution in [3.05, 3.63) is 69.1 Å². The fourth-order valence-corrected chi connectivity index (χ4v) is 7.37. The normalized spacial score (nSPS) is 19.2. The van der Waals surface area contributed by atoms with Gasteiger partial charge in [-0.2, -0.15) is 5.10 Å². The molecule has 3 aliphatic heterocycles. The number of rotatable bonds is 8. The molecule has 1 aromatic carbocycles. The average molecular weight is 608 g/mol. The number of nitrogens with one attached hydrogen (secondary N) is 1. The number of carbonyl (C=O) groups excluding carboxylic acids is 1. The first-order valence-corrected chi connectivity index (χ1v) is 15.2. The number of aromatic nitrogens is 3. The van der Waals surface area contributed by atoms with Crippen LogP contribution in [-0.2, 0) is 22.5 Å². The maximum atomic E-state index is 12.4. The van der Waals surface area contributed by atoms with E-state index in [1.807, 2.05) is 11.6 Å². The van der Waals surface area contributed by atoms with Crippen molar-refractivity contribution in [2.75, 3.05) is 51.7 Å². The number of likely N-dealkylation sites (tertiary alicyclic amines) is 2. The lowest BCUT2D eigenvalue weighted by atomic mass is 9.78. The summed E-state index contributed by atoms with van der Waals surface area (Å²) in [6, 6.07) is 12.9. The third kappa shape index (κ3) is 5.83. The smallest absolute Gasteiger partial charge is 0.306 e. The molecule has 2 fully saturated rings. The number of pyridine rings is 1. The summed E-state index contributed by atoms with van der Waals surface area (Å²) in [4.78, 5) is 22.4. The molecule has 2 saturated heterocycles. The quantitative estimate of drug-likeness (QED) is 0.367. The van der Waals surface area contributed by atoms with Crippen LogP contribution >= 0.6 is 15.9 Å². The number of aryl methyl sites for hydroxylation is 3. The Morgan fingerprint density at radius 1 is 1.15 bits per heavy atom. The van der Waals surface area contributed by atoms with Crippen LogP contribution < -0.4 is 5.32 Å². The van der Waals surface area contributed by atoms with Crippen LogP contribution in [0.1, 0.15) is 53.4 Å². The van der Waals surface area contributed by atoms with Gasteiger partial charge in [0.05, 0.1) is 30.6 Å². The van der Waals surface area contributed by atoms with Gasteiger partial charge in [-0.1, -0.05) is 22.0 Å². The summed E-state index contributed by atoms with van der Waals surface area (Å²) < 4.78 is 8.05. The number of anilines is 1. The predicted octanol–water partition coefficient (Wildman–Crippen LogP) is 4.86. The minimum atomic E-state index is -0.174. The van der Waals surface area contributed by atoms with Gasteiger partial charge in [0.1, 0.15) is 5.82 Å². The first kappa shape index (κ1) is 27.4. The van der Waals surface area contributed by atoms with E-state index in [9.17, 15) is 4.79 Å². The SMILES string of the molecule is COC(=O)C[C@H](CN1CC2(CCN(Cc3ccc4c(n3)NCCC4)C2)C1)c1cc(Br)cc(-n2nc(C)cc2C)c1.